The molecule has 3 rings (SSSR count). The quantitative estimate of drug-likeness (QED) is 0.307. The second kappa shape index (κ2) is 9.89. The number of ether oxygens (including phenoxy) is 1. The van der Waals surface area contributed by atoms with Crippen LogP contribution in [0.2, 0.25) is 0 Å². The summed E-state index contributed by atoms with van der Waals surface area (Å²) in [7, 11) is -4.54. The minimum absolute atomic E-state index is 0.0498. The topological polar surface area (TPSA) is 175 Å². The summed E-state index contributed by atoms with van der Waals surface area (Å²) in [5, 5.41) is 29.6. The first-order chi connectivity index (χ1) is 16.2. The Balaban J connectivity index is 1.92. The largest absolute Gasteiger partial charge is 0.388 e. The zero-order valence-electron chi connectivity index (χ0n) is 19.7. The van der Waals surface area contributed by atoms with E-state index < -0.39 is 60.4 Å². The number of aliphatic hydroxyl groups is 3. The number of hydrogen-bond donors (Lipinski definition) is 5. The van der Waals surface area contributed by atoms with Gasteiger partial charge in [-0.15, -0.1) is 0 Å². The standard InChI is InChI=1S/C21H30F2N3O8P/c1-5-20(4,30)35(31,32)34-21(6-2,7-3)9-12-13(27)14(28)15(33-12)10-8-11-18(26-19(10)29)25-17(23)16(22)24-11/h8,12-15,27-28,30H,5-7,9H2,1-4H3,(H,31,32)(H,25,26,29). The summed E-state index contributed by atoms with van der Waals surface area (Å²) in [4.78, 5) is 31.9. The molecule has 0 radical (unpaired) electrons. The van der Waals surface area contributed by atoms with Crippen molar-refractivity contribution in [2.24, 2.45) is 0 Å². The Morgan fingerprint density at radius 1 is 1.14 bits per heavy atom. The lowest BCUT2D eigenvalue weighted by Gasteiger charge is -2.39. The summed E-state index contributed by atoms with van der Waals surface area (Å²) in [6, 6.07) is 1.08. The molecule has 14 heteroatoms. The number of nitrogens with one attached hydrogen (secondary N) is 1. The highest BCUT2D eigenvalue weighted by Crippen LogP contribution is 2.59. The molecule has 6 unspecified atom stereocenters. The van der Waals surface area contributed by atoms with Gasteiger partial charge in [-0.1, -0.05) is 20.8 Å². The summed E-state index contributed by atoms with van der Waals surface area (Å²) in [6.45, 7) is 6.11. The van der Waals surface area contributed by atoms with Gasteiger partial charge in [-0.3, -0.25) is 13.9 Å². The predicted octanol–water partition coefficient (Wildman–Crippen LogP) is 2.03. The molecule has 0 bridgehead atoms. The van der Waals surface area contributed by atoms with Crippen molar-refractivity contribution in [3.05, 3.63) is 33.9 Å². The van der Waals surface area contributed by atoms with Gasteiger partial charge in [0.2, 0.25) is 0 Å². The molecule has 35 heavy (non-hydrogen) atoms. The number of H-pyrrole nitrogens is 1. The summed E-state index contributed by atoms with van der Waals surface area (Å²) < 4.78 is 51.1. The van der Waals surface area contributed by atoms with Crippen molar-refractivity contribution in [1.29, 1.82) is 0 Å². The van der Waals surface area contributed by atoms with Gasteiger partial charge in [0.05, 0.1) is 17.3 Å². The SMILES string of the molecule is CCC(CC)(CC1OC(c2cc3nc(F)c(F)nc3[nH]c2=O)C(O)C1O)OP(=O)(O)C(C)(O)CC. The van der Waals surface area contributed by atoms with Gasteiger partial charge in [0.25, 0.3) is 17.5 Å². The van der Waals surface area contributed by atoms with Crippen LogP contribution in [-0.4, -0.2) is 64.4 Å². The number of hydrogen-bond acceptors (Lipinski definition) is 9. The molecule has 2 aromatic heterocycles. The average molecular weight is 521 g/mol. The average Bonchev–Trinajstić information content (AvgIpc) is 3.07. The maximum absolute atomic E-state index is 13.5. The molecular weight excluding hydrogens is 491 g/mol. The molecule has 0 amide bonds. The van der Waals surface area contributed by atoms with Gasteiger partial charge in [0.15, 0.2) is 11.0 Å². The number of fused-ring (bicyclic) bond motifs is 1. The number of halogens is 2. The summed E-state index contributed by atoms with van der Waals surface area (Å²) in [6.07, 6.45) is -5.40. The van der Waals surface area contributed by atoms with Gasteiger partial charge in [-0.25, -0.2) is 4.98 Å². The lowest BCUT2D eigenvalue weighted by molar-refractivity contribution is -0.0619. The van der Waals surface area contributed by atoms with E-state index in [1.54, 1.807) is 13.8 Å². The van der Waals surface area contributed by atoms with Gasteiger partial charge < -0.3 is 29.9 Å². The Morgan fingerprint density at radius 2 is 1.74 bits per heavy atom. The van der Waals surface area contributed by atoms with Gasteiger partial charge in [-0.2, -0.15) is 13.8 Å². The van der Waals surface area contributed by atoms with Crippen molar-refractivity contribution >= 4 is 18.8 Å². The Morgan fingerprint density at radius 3 is 2.31 bits per heavy atom. The van der Waals surface area contributed by atoms with E-state index in [9.17, 15) is 38.4 Å². The minimum atomic E-state index is -4.54. The van der Waals surface area contributed by atoms with Crippen LogP contribution in [0.1, 0.15) is 65.0 Å². The van der Waals surface area contributed by atoms with E-state index in [-0.39, 0.29) is 42.4 Å². The third-order valence-corrected chi connectivity index (χ3v) is 8.92. The summed E-state index contributed by atoms with van der Waals surface area (Å²) in [5.74, 6) is -2.97. The van der Waals surface area contributed by atoms with Gasteiger partial charge in [0, 0.05) is 6.42 Å². The monoisotopic (exact) mass is 521 g/mol. The number of aromatic nitrogens is 3. The molecule has 11 nitrogen and oxygen atoms in total. The fraction of sp³-hybridized carbons (Fsp3) is 0.667. The molecule has 0 aromatic carbocycles. The number of nitrogens with zero attached hydrogens (tertiary/aromatic N) is 2. The zero-order valence-corrected chi connectivity index (χ0v) is 20.6. The van der Waals surface area contributed by atoms with Gasteiger partial charge >= 0.3 is 7.60 Å². The van der Waals surface area contributed by atoms with Crippen molar-refractivity contribution < 1.29 is 42.8 Å². The van der Waals surface area contributed by atoms with Gasteiger partial charge in [0.1, 0.15) is 23.8 Å². The molecule has 0 spiro atoms. The normalized spacial score (nSPS) is 26.6. The Bertz CT molecular complexity index is 1190. The molecule has 1 fully saturated rings. The van der Waals surface area contributed by atoms with Crippen LogP contribution in [0, 0.1) is 11.9 Å². The molecule has 6 atom stereocenters. The van der Waals surface area contributed by atoms with E-state index in [1.807, 2.05) is 0 Å². The van der Waals surface area contributed by atoms with Crippen LogP contribution in [0.25, 0.3) is 11.2 Å². The van der Waals surface area contributed by atoms with E-state index in [1.165, 1.54) is 13.8 Å². The first-order valence-electron chi connectivity index (χ1n) is 11.2. The van der Waals surface area contributed by atoms with Crippen LogP contribution in [0.5, 0.6) is 0 Å². The molecular formula is C21H30F2N3O8P. The maximum atomic E-state index is 13.5. The third-order valence-electron chi connectivity index (χ3n) is 6.75. The molecule has 5 N–H and O–H groups in total. The first-order valence-corrected chi connectivity index (χ1v) is 12.8. The number of aromatic amines is 1. The molecule has 2 aromatic rings. The van der Waals surface area contributed by atoms with E-state index in [2.05, 4.69) is 15.0 Å². The van der Waals surface area contributed by atoms with E-state index in [0.717, 1.165) is 6.07 Å². The molecule has 196 valence electrons. The van der Waals surface area contributed by atoms with E-state index in [0.29, 0.717) is 0 Å². The molecule has 1 aliphatic heterocycles. The highest BCUT2D eigenvalue weighted by molar-refractivity contribution is 7.54. The van der Waals surface area contributed by atoms with Crippen molar-refractivity contribution in [3.63, 3.8) is 0 Å². The summed E-state index contributed by atoms with van der Waals surface area (Å²) in [5.41, 5.74) is -2.84. The second-order valence-corrected chi connectivity index (χ2v) is 11.1. The van der Waals surface area contributed by atoms with Crippen LogP contribution in [-0.2, 0) is 13.8 Å². The van der Waals surface area contributed by atoms with E-state index in [4.69, 9.17) is 9.26 Å². The highest BCUT2D eigenvalue weighted by atomic mass is 31.2. The minimum Gasteiger partial charge on any atom is -0.388 e. The molecule has 3 heterocycles. The van der Waals surface area contributed by atoms with Crippen LogP contribution in [0.15, 0.2) is 10.9 Å². The molecule has 1 saturated heterocycles. The maximum Gasteiger partial charge on any atom is 0.359 e. The van der Waals surface area contributed by atoms with Crippen molar-refractivity contribution in [2.75, 3.05) is 0 Å². The lowest BCUT2D eigenvalue weighted by Crippen LogP contribution is -2.41. The van der Waals surface area contributed by atoms with Gasteiger partial charge in [-0.05, 0) is 32.3 Å². The fourth-order valence-electron chi connectivity index (χ4n) is 4.01. The van der Waals surface area contributed by atoms with E-state index >= 15 is 0 Å². The van der Waals surface area contributed by atoms with Crippen LogP contribution in [0.3, 0.4) is 0 Å². The third kappa shape index (κ3) is 5.17. The number of pyridine rings is 1. The Hall–Kier alpha value is -1.86. The lowest BCUT2D eigenvalue weighted by atomic mass is 9.88. The van der Waals surface area contributed by atoms with Crippen molar-refractivity contribution in [1.82, 2.24) is 15.0 Å². The van der Waals surface area contributed by atoms with Crippen molar-refractivity contribution in [3.8, 4) is 0 Å². The Kier molecular flexibility index (Phi) is 7.83. The zero-order chi connectivity index (χ0) is 26.3. The smallest absolute Gasteiger partial charge is 0.359 e. The predicted molar refractivity (Wildman–Crippen MR) is 119 cm³/mol. The van der Waals surface area contributed by atoms with Crippen molar-refractivity contribution in [2.45, 2.75) is 88.7 Å². The molecule has 1 aliphatic rings. The first kappa shape index (κ1) is 27.7. The molecule has 0 saturated carbocycles. The molecule has 0 aliphatic carbocycles. The van der Waals surface area contributed by atoms with Crippen LogP contribution < -0.4 is 5.56 Å². The number of rotatable bonds is 9. The fourth-order valence-corrected chi connectivity index (χ4v) is 5.46. The highest BCUT2D eigenvalue weighted by Gasteiger charge is 2.51. The van der Waals surface area contributed by atoms with Crippen LogP contribution >= 0.6 is 7.60 Å². The Labute approximate surface area is 199 Å². The summed E-state index contributed by atoms with van der Waals surface area (Å²) >= 11 is 0. The number of aliphatic hydroxyl groups excluding tert-OH is 2. The van der Waals surface area contributed by atoms with Crippen LogP contribution in [0.4, 0.5) is 8.78 Å². The second-order valence-electron chi connectivity index (χ2n) is 8.95.